The Kier molecular flexibility index (Phi) is 4.96. The summed E-state index contributed by atoms with van der Waals surface area (Å²) in [5.41, 5.74) is 2.00. The molecular formula is C18H17N3O2S2. The Labute approximate surface area is 153 Å². The first kappa shape index (κ1) is 17.3. The molecule has 0 unspecified atom stereocenters. The number of fused-ring (bicyclic) bond motifs is 1. The van der Waals surface area contributed by atoms with Gasteiger partial charge in [0, 0.05) is 17.0 Å². The minimum atomic E-state index is -0.195. The maximum absolute atomic E-state index is 12.5. The third kappa shape index (κ3) is 3.47. The van der Waals surface area contributed by atoms with Gasteiger partial charge in [0.1, 0.15) is 0 Å². The van der Waals surface area contributed by atoms with Crippen LogP contribution >= 0.6 is 23.6 Å². The molecule has 5 nitrogen and oxygen atoms in total. The summed E-state index contributed by atoms with van der Waals surface area (Å²) < 4.78 is 1.74. The largest absolute Gasteiger partial charge is 0.347 e. The number of benzene rings is 1. The molecule has 0 fully saturated rings. The lowest BCUT2D eigenvalue weighted by Gasteiger charge is -2.08. The number of nitrogens with zero attached hydrogens (tertiary/aromatic N) is 1. The van der Waals surface area contributed by atoms with Crippen molar-refractivity contribution in [3.63, 3.8) is 0 Å². The fraction of sp³-hybridized carbons (Fsp3) is 0.167. The Morgan fingerprint density at radius 3 is 2.92 bits per heavy atom. The van der Waals surface area contributed by atoms with Gasteiger partial charge in [-0.15, -0.1) is 17.9 Å². The number of hydrogen-bond acceptors (Lipinski definition) is 4. The Morgan fingerprint density at radius 1 is 1.44 bits per heavy atom. The maximum Gasteiger partial charge on any atom is 0.262 e. The van der Waals surface area contributed by atoms with Gasteiger partial charge in [0.05, 0.1) is 17.4 Å². The summed E-state index contributed by atoms with van der Waals surface area (Å²) in [5, 5.41) is 5.39. The number of amides is 1. The molecule has 0 radical (unpaired) electrons. The number of carbonyl (C=O) groups excluding carboxylic acids is 1. The predicted molar refractivity (Wildman–Crippen MR) is 104 cm³/mol. The lowest BCUT2D eigenvalue weighted by Crippen LogP contribution is -2.24. The Bertz CT molecular complexity index is 1080. The van der Waals surface area contributed by atoms with Crippen molar-refractivity contribution in [2.45, 2.75) is 20.0 Å². The fourth-order valence-corrected chi connectivity index (χ4v) is 3.65. The zero-order valence-electron chi connectivity index (χ0n) is 13.7. The van der Waals surface area contributed by atoms with Crippen LogP contribution in [0.5, 0.6) is 0 Å². The number of aromatic amines is 1. The average molecular weight is 371 g/mol. The summed E-state index contributed by atoms with van der Waals surface area (Å²) >= 11 is 6.83. The van der Waals surface area contributed by atoms with Gasteiger partial charge in [0.2, 0.25) is 0 Å². The second-order valence-electron chi connectivity index (χ2n) is 5.60. The van der Waals surface area contributed by atoms with Gasteiger partial charge in [-0.05, 0) is 54.4 Å². The highest BCUT2D eigenvalue weighted by Gasteiger charge is 2.10. The molecule has 25 heavy (non-hydrogen) atoms. The molecule has 128 valence electrons. The molecule has 0 aliphatic rings. The van der Waals surface area contributed by atoms with Crippen LogP contribution in [0.2, 0.25) is 0 Å². The molecule has 1 aromatic carbocycles. The second-order valence-corrected chi connectivity index (χ2v) is 6.99. The second kappa shape index (κ2) is 7.16. The van der Waals surface area contributed by atoms with Crippen molar-refractivity contribution >= 4 is 40.4 Å². The minimum Gasteiger partial charge on any atom is -0.347 e. The topological polar surface area (TPSA) is 66.9 Å². The molecule has 0 atom stereocenters. The van der Waals surface area contributed by atoms with Crippen molar-refractivity contribution < 1.29 is 4.79 Å². The highest BCUT2D eigenvalue weighted by Crippen LogP contribution is 2.16. The van der Waals surface area contributed by atoms with Crippen molar-refractivity contribution in [2.24, 2.45) is 0 Å². The van der Waals surface area contributed by atoms with Crippen LogP contribution in [-0.2, 0) is 13.1 Å². The van der Waals surface area contributed by atoms with Gasteiger partial charge in [-0.25, -0.2) is 0 Å². The third-order valence-electron chi connectivity index (χ3n) is 3.93. The van der Waals surface area contributed by atoms with Crippen LogP contribution in [-0.4, -0.2) is 15.5 Å². The molecule has 1 amide bonds. The Hall–Kier alpha value is -2.51. The van der Waals surface area contributed by atoms with Crippen LogP contribution in [0.4, 0.5) is 0 Å². The van der Waals surface area contributed by atoms with E-state index in [0.717, 1.165) is 10.4 Å². The van der Waals surface area contributed by atoms with E-state index >= 15 is 0 Å². The van der Waals surface area contributed by atoms with Gasteiger partial charge in [-0.1, -0.05) is 6.08 Å². The first-order chi connectivity index (χ1) is 12.0. The molecule has 0 aliphatic carbocycles. The summed E-state index contributed by atoms with van der Waals surface area (Å²) in [7, 11) is 0. The molecule has 0 saturated heterocycles. The van der Waals surface area contributed by atoms with Crippen molar-refractivity contribution in [3.05, 3.63) is 73.4 Å². The van der Waals surface area contributed by atoms with E-state index in [1.54, 1.807) is 35.6 Å². The molecular weight excluding hydrogens is 354 g/mol. The van der Waals surface area contributed by atoms with E-state index in [0.29, 0.717) is 34.3 Å². The fourth-order valence-electron chi connectivity index (χ4n) is 2.54. The zero-order chi connectivity index (χ0) is 18.0. The number of nitrogens with one attached hydrogen (secondary N) is 2. The molecule has 0 bridgehead atoms. The Morgan fingerprint density at radius 2 is 2.24 bits per heavy atom. The highest BCUT2D eigenvalue weighted by molar-refractivity contribution is 7.71. The molecule has 0 saturated carbocycles. The zero-order valence-corrected chi connectivity index (χ0v) is 15.3. The van der Waals surface area contributed by atoms with Crippen LogP contribution in [0, 0.1) is 11.7 Å². The minimum absolute atomic E-state index is 0.190. The number of aryl methyl sites for hydroxylation is 1. The quantitative estimate of drug-likeness (QED) is 0.532. The standard InChI is InChI=1S/C18H17N3O2S2/c1-3-7-21-17(23)13-5-4-12(9-14(13)20-18(21)24)16(22)19-10-15-11(2)6-8-25-15/h3-6,8-9H,1,7,10H2,2H3,(H,19,22)(H,20,24). The average Bonchev–Trinajstić information content (AvgIpc) is 3.01. The smallest absolute Gasteiger partial charge is 0.262 e. The first-order valence-corrected chi connectivity index (χ1v) is 8.99. The van der Waals surface area contributed by atoms with Crippen LogP contribution < -0.4 is 10.9 Å². The van der Waals surface area contributed by atoms with Crippen LogP contribution in [0.3, 0.4) is 0 Å². The van der Waals surface area contributed by atoms with Crippen molar-refractivity contribution in [1.29, 1.82) is 0 Å². The monoisotopic (exact) mass is 371 g/mol. The number of rotatable bonds is 5. The number of thiophene rings is 1. The van der Waals surface area contributed by atoms with E-state index in [-0.39, 0.29) is 11.5 Å². The van der Waals surface area contributed by atoms with Gasteiger partial charge in [-0.3, -0.25) is 14.2 Å². The van der Waals surface area contributed by atoms with Crippen molar-refractivity contribution in [3.8, 4) is 0 Å². The number of carbonyl (C=O) groups is 1. The van der Waals surface area contributed by atoms with Crippen LogP contribution in [0.1, 0.15) is 20.8 Å². The summed E-state index contributed by atoms with van der Waals surface area (Å²) in [6.07, 6.45) is 1.62. The normalized spacial score (nSPS) is 10.8. The summed E-state index contributed by atoms with van der Waals surface area (Å²) in [4.78, 5) is 29.0. The first-order valence-electron chi connectivity index (χ1n) is 7.70. The summed E-state index contributed by atoms with van der Waals surface area (Å²) in [6.45, 7) is 6.47. The van der Waals surface area contributed by atoms with Gasteiger partial charge in [-0.2, -0.15) is 0 Å². The Balaban J connectivity index is 1.90. The maximum atomic E-state index is 12.5. The number of aromatic nitrogens is 2. The molecule has 3 aromatic rings. The molecule has 2 aromatic heterocycles. The van der Waals surface area contributed by atoms with Gasteiger partial charge >= 0.3 is 0 Å². The van der Waals surface area contributed by atoms with Crippen LogP contribution in [0.15, 0.2) is 47.1 Å². The molecule has 0 spiro atoms. The lowest BCUT2D eigenvalue weighted by molar-refractivity contribution is 0.0951. The van der Waals surface area contributed by atoms with Gasteiger partial charge in [0.25, 0.3) is 11.5 Å². The predicted octanol–water partition coefficient (Wildman–Crippen LogP) is 3.55. The SMILES string of the molecule is C=CCn1c(=S)[nH]c2cc(C(=O)NCc3sccc3C)ccc2c1=O. The van der Waals surface area contributed by atoms with Crippen molar-refractivity contribution in [2.75, 3.05) is 0 Å². The van der Waals surface area contributed by atoms with Gasteiger partial charge in [0.15, 0.2) is 4.77 Å². The van der Waals surface area contributed by atoms with E-state index in [9.17, 15) is 9.59 Å². The number of hydrogen-bond donors (Lipinski definition) is 2. The van der Waals surface area contributed by atoms with E-state index < -0.39 is 0 Å². The highest BCUT2D eigenvalue weighted by atomic mass is 32.1. The molecule has 2 heterocycles. The van der Waals surface area contributed by atoms with Crippen LogP contribution in [0.25, 0.3) is 10.9 Å². The van der Waals surface area contributed by atoms with E-state index in [1.165, 1.54) is 4.57 Å². The molecule has 0 aliphatic heterocycles. The van der Waals surface area contributed by atoms with Crippen molar-refractivity contribution in [1.82, 2.24) is 14.9 Å². The van der Waals surface area contributed by atoms with Gasteiger partial charge < -0.3 is 10.3 Å². The molecule has 3 rings (SSSR count). The summed E-state index contributed by atoms with van der Waals surface area (Å²) in [5.74, 6) is -0.190. The number of allylic oxidation sites excluding steroid dienone is 1. The molecule has 7 heteroatoms. The van der Waals surface area contributed by atoms with E-state index in [1.807, 2.05) is 18.4 Å². The van der Waals surface area contributed by atoms with E-state index in [4.69, 9.17) is 12.2 Å². The molecule has 2 N–H and O–H groups in total. The lowest BCUT2D eigenvalue weighted by atomic mass is 10.1. The third-order valence-corrected chi connectivity index (χ3v) is 5.28. The summed E-state index contributed by atoms with van der Waals surface area (Å²) in [6, 6.07) is 6.97. The number of H-pyrrole nitrogens is 1. The van der Waals surface area contributed by atoms with E-state index in [2.05, 4.69) is 16.9 Å².